The van der Waals surface area contributed by atoms with Gasteiger partial charge in [0.25, 0.3) is 0 Å². The quantitative estimate of drug-likeness (QED) is 0.783. The summed E-state index contributed by atoms with van der Waals surface area (Å²) in [4.78, 5) is 2.64. The molecule has 1 fully saturated rings. The Morgan fingerprint density at radius 2 is 2.20 bits per heavy atom. The van der Waals surface area contributed by atoms with E-state index in [1.807, 2.05) is 6.26 Å². The maximum atomic E-state index is 5.67. The third kappa shape index (κ3) is 2.08. The Morgan fingerprint density at radius 3 is 2.95 bits per heavy atom. The molecule has 2 nitrogen and oxygen atoms in total. The van der Waals surface area contributed by atoms with Crippen molar-refractivity contribution in [2.24, 2.45) is 5.92 Å². The van der Waals surface area contributed by atoms with Gasteiger partial charge in [0.2, 0.25) is 0 Å². The normalized spacial score (nSPS) is 25.6. The molecular formula is C18H21NO. The van der Waals surface area contributed by atoms with Crippen molar-refractivity contribution in [3.63, 3.8) is 0 Å². The molecule has 2 aliphatic heterocycles. The molecule has 2 aromatic rings. The van der Waals surface area contributed by atoms with Crippen LogP contribution in [-0.4, -0.2) is 24.0 Å². The van der Waals surface area contributed by atoms with Crippen molar-refractivity contribution >= 4 is 11.0 Å². The number of benzene rings is 1. The number of hydrogen-bond acceptors (Lipinski definition) is 2. The molecule has 1 saturated heterocycles. The minimum absolute atomic E-state index is 0.680. The van der Waals surface area contributed by atoms with Gasteiger partial charge < -0.3 is 4.42 Å². The van der Waals surface area contributed by atoms with Crippen LogP contribution in [0.5, 0.6) is 0 Å². The minimum Gasteiger partial charge on any atom is -0.464 e. The van der Waals surface area contributed by atoms with Gasteiger partial charge in [-0.1, -0.05) is 23.8 Å². The molecule has 1 aliphatic carbocycles. The molecule has 20 heavy (non-hydrogen) atoms. The van der Waals surface area contributed by atoms with E-state index in [9.17, 15) is 0 Å². The number of piperidine rings is 1. The molecule has 2 heteroatoms. The summed E-state index contributed by atoms with van der Waals surface area (Å²) in [5, 5.41) is 1.29. The Morgan fingerprint density at radius 1 is 1.25 bits per heavy atom. The largest absolute Gasteiger partial charge is 0.464 e. The van der Waals surface area contributed by atoms with Gasteiger partial charge in [-0.3, -0.25) is 4.90 Å². The number of rotatable bonds is 3. The summed E-state index contributed by atoms with van der Waals surface area (Å²) >= 11 is 0. The average Bonchev–Trinajstić information content (AvgIpc) is 2.88. The monoisotopic (exact) mass is 267 g/mol. The number of nitrogens with zero attached hydrogens (tertiary/aromatic N) is 1. The van der Waals surface area contributed by atoms with Crippen LogP contribution in [0.2, 0.25) is 0 Å². The molecule has 3 aliphatic rings. The Bertz CT molecular complexity index is 654. The van der Waals surface area contributed by atoms with E-state index in [0.717, 1.165) is 24.5 Å². The van der Waals surface area contributed by atoms with E-state index in [-0.39, 0.29) is 0 Å². The van der Waals surface area contributed by atoms with Gasteiger partial charge in [0.05, 0.1) is 6.26 Å². The minimum atomic E-state index is 0.680. The second kappa shape index (κ2) is 4.78. The summed E-state index contributed by atoms with van der Waals surface area (Å²) in [7, 11) is 0. The molecule has 3 heterocycles. The molecule has 0 amide bonds. The highest BCUT2D eigenvalue weighted by Crippen LogP contribution is 2.30. The third-order valence-electron chi connectivity index (χ3n) is 4.85. The first-order chi connectivity index (χ1) is 9.79. The highest BCUT2D eigenvalue weighted by Gasteiger charge is 2.29. The Labute approximate surface area is 120 Å². The molecule has 104 valence electrons. The summed E-state index contributed by atoms with van der Waals surface area (Å²) in [6.45, 7) is 4.54. The van der Waals surface area contributed by atoms with Gasteiger partial charge in [-0.2, -0.15) is 0 Å². The first-order valence-corrected chi connectivity index (χ1v) is 7.69. The van der Waals surface area contributed by atoms with Crippen LogP contribution >= 0.6 is 0 Å². The smallest absolute Gasteiger partial charge is 0.134 e. The summed E-state index contributed by atoms with van der Waals surface area (Å²) in [5.74, 6) is 0.795. The lowest BCUT2D eigenvalue weighted by Crippen LogP contribution is -2.45. The van der Waals surface area contributed by atoms with Crippen LogP contribution in [0, 0.1) is 12.8 Å². The van der Waals surface area contributed by atoms with Crippen molar-refractivity contribution in [1.29, 1.82) is 0 Å². The van der Waals surface area contributed by atoms with Crippen LogP contribution in [0.3, 0.4) is 0 Å². The van der Waals surface area contributed by atoms with Crippen LogP contribution in [0.4, 0.5) is 0 Å². The first-order valence-electron chi connectivity index (χ1n) is 7.69. The van der Waals surface area contributed by atoms with Crippen molar-refractivity contribution in [2.75, 3.05) is 13.1 Å². The summed E-state index contributed by atoms with van der Waals surface area (Å²) in [6.07, 6.45) is 10.6. The van der Waals surface area contributed by atoms with Gasteiger partial charge >= 0.3 is 0 Å². The zero-order valence-corrected chi connectivity index (χ0v) is 12.0. The second-order valence-corrected chi connectivity index (χ2v) is 6.30. The third-order valence-corrected chi connectivity index (χ3v) is 4.85. The Balaban J connectivity index is 1.51. The topological polar surface area (TPSA) is 16.4 Å². The van der Waals surface area contributed by atoms with Gasteiger partial charge in [-0.25, -0.2) is 0 Å². The lowest BCUT2D eigenvalue weighted by atomic mass is 9.86. The molecule has 1 aromatic heterocycles. The Hall–Kier alpha value is -1.54. The number of aryl methyl sites for hydroxylation is 1. The van der Waals surface area contributed by atoms with Crippen LogP contribution in [-0.2, 0) is 6.42 Å². The summed E-state index contributed by atoms with van der Waals surface area (Å²) in [5.41, 5.74) is 3.68. The van der Waals surface area contributed by atoms with Gasteiger partial charge in [0.15, 0.2) is 0 Å². The van der Waals surface area contributed by atoms with Gasteiger partial charge in [0.1, 0.15) is 5.58 Å². The van der Waals surface area contributed by atoms with Crippen molar-refractivity contribution in [1.82, 2.24) is 4.90 Å². The number of fused-ring (bicyclic) bond motifs is 3. The molecule has 2 atom stereocenters. The van der Waals surface area contributed by atoms with Crippen molar-refractivity contribution in [3.05, 3.63) is 47.7 Å². The average molecular weight is 267 g/mol. The zero-order chi connectivity index (χ0) is 13.5. The van der Waals surface area contributed by atoms with Crippen LogP contribution in [0.25, 0.3) is 11.0 Å². The van der Waals surface area contributed by atoms with Crippen molar-refractivity contribution < 1.29 is 4.42 Å². The highest BCUT2D eigenvalue weighted by atomic mass is 16.3. The van der Waals surface area contributed by atoms with E-state index in [4.69, 9.17) is 4.42 Å². The number of hydrogen-bond donors (Lipinski definition) is 0. The molecule has 0 N–H and O–H groups in total. The zero-order valence-electron chi connectivity index (χ0n) is 12.0. The molecule has 5 rings (SSSR count). The second-order valence-electron chi connectivity index (χ2n) is 6.30. The van der Waals surface area contributed by atoms with Gasteiger partial charge in [0, 0.05) is 24.5 Å². The fraction of sp³-hybridized carbons (Fsp3) is 0.444. The van der Waals surface area contributed by atoms with E-state index in [2.05, 4.69) is 42.2 Å². The molecule has 1 aromatic carbocycles. The van der Waals surface area contributed by atoms with Crippen molar-refractivity contribution in [2.45, 2.75) is 32.2 Å². The lowest BCUT2D eigenvalue weighted by Gasteiger charge is -2.41. The SMILES string of the molecule is Cc1ccc2occ(CCN3CC4C=CC3CC4)c2c1. The summed E-state index contributed by atoms with van der Waals surface area (Å²) < 4.78 is 5.67. The first kappa shape index (κ1) is 12.2. The Kier molecular flexibility index (Phi) is 2.92. The maximum Gasteiger partial charge on any atom is 0.134 e. The number of furan rings is 1. The van der Waals surface area contributed by atoms with E-state index < -0.39 is 0 Å². The highest BCUT2D eigenvalue weighted by molar-refractivity contribution is 5.81. The molecule has 2 unspecified atom stereocenters. The van der Waals surface area contributed by atoms with E-state index in [1.165, 1.54) is 35.9 Å². The molecule has 0 radical (unpaired) electrons. The molecule has 2 bridgehead atoms. The van der Waals surface area contributed by atoms with Crippen LogP contribution in [0.1, 0.15) is 24.0 Å². The summed E-state index contributed by atoms with van der Waals surface area (Å²) in [6, 6.07) is 7.13. The molecule has 0 spiro atoms. The fourth-order valence-electron chi connectivity index (χ4n) is 3.67. The maximum absolute atomic E-state index is 5.67. The lowest BCUT2D eigenvalue weighted by molar-refractivity contribution is 0.139. The predicted octanol–water partition coefficient (Wildman–Crippen LogP) is 3.93. The molecular weight excluding hydrogens is 246 g/mol. The van der Waals surface area contributed by atoms with E-state index in [1.54, 1.807) is 0 Å². The van der Waals surface area contributed by atoms with Crippen LogP contribution in [0.15, 0.2) is 41.0 Å². The predicted molar refractivity (Wildman–Crippen MR) is 81.9 cm³/mol. The van der Waals surface area contributed by atoms with Gasteiger partial charge in [-0.05, 0) is 49.8 Å². The van der Waals surface area contributed by atoms with Gasteiger partial charge in [-0.15, -0.1) is 0 Å². The van der Waals surface area contributed by atoms with Crippen molar-refractivity contribution in [3.8, 4) is 0 Å². The van der Waals surface area contributed by atoms with E-state index in [0.29, 0.717) is 6.04 Å². The molecule has 0 saturated carbocycles. The van der Waals surface area contributed by atoms with E-state index >= 15 is 0 Å². The van der Waals surface area contributed by atoms with Crippen LogP contribution < -0.4 is 0 Å². The standard InChI is InChI=1S/C18H21NO/c1-13-2-7-18-17(10-13)15(12-20-18)8-9-19-11-14-3-5-16(19)6-4-14/h2-3,5,7,10,12,14,16H,4,6,8-9,11H2,1H3. The fourth-order valence-corrected chi connectivity index (χ4v) is 3.67.